The van der Waals surface area contributed by atoms with Crippen LogP contribution in [0.2, 0.25) is 0 Å². The van der Waals surface area contributed by atoms with Gasteiger partial charge in [0.15, 0.2) is 11.0 Å². The van der Waals surface area contributed by atoms with Crippen molar-refractivity contribution < 1.29 is 9.32 Å². The first-order valence-electron chi connectivity index (χ1n) is 7.55. The lowest BCUT2D eigenvalue weighted by molar-refractivity contribution is -0.115. The molecule has 8 heteroatoms. The van der Waals surface area contributed by atoms with Crippen LogP contribution in [-0.2, 0) is 4.79 Å². The van der Waals surface area contributed by atoms with Gasteiger partial charge in [-0.2, -0.15) is 0 Å². The molecule has 0 aliphatic carbocycles. The fraction of sp³-hybridized carbons (Fsp3) is 0.176. The zero-order valence-electron chi connectivity index (χ0n) is 13.6. The van der Waals surface area contributed by atoms with E-state index in [1.807, 2.05) is 30.3 Å². The first kappa shape index (κ1) is 17.0. The second kappa shape index (κ2) is 7.35. The number of benzene rings is 1. The minimum atomic E-state index is -0.608. The van der Waals surface area contributed by atoms with E-state index in [4.69, 9.17) is 4.52 Å². The van der Waals surface area contributed by atoms with Crippen molar-refractivity contribution >= 4 is 23.5 Å². The highest BCUT2D eigenvalue weighted by Crippen LogP contribution is 2.34. The molecule has 128 valence electrons. The minimum Gasteiger partial charge on any atom is -0.360 e. The van der Waals surface area contributed by atoms with E-state index in [-0.39, 0.29) is 11.5 Å². The summed E-state index contributed by atoms with van der Waals surface area (Å²) in [4.78, 5) is 31.4. The SMILES string of the molecule is Cc1cc(=O)[nH]c(S[C@@H](C(=O)Nc2cc(C)on2)c2ccccc2)n1. The molecule has 7 nitrogen and oxygen atoms in total. The van der Waals surface area contributed by atoms with Crippen LogP contribution < -0.4 is 10.9 Å². The van der Waals surface area contributed by atoms with Gasteiger partial charge < -0.3 is 14.8 Å². The number of thioether (sulfide) groups is 1. The number of anilines is 1. The molecule has 2 N–H and O–H groups in total. The summed E-state index contributed by atoms with van der Waals surface area (Å²) >= 11 is 1.17. The highest BCUT2D eigenvalue weighted by molar-refractivity contribution is 8.00. The molecule has 3 rings (SSSR count). The summed E-state index contributed by atoms with van der Waals surface area (Å²) in [7, 11) is 0. The molecular formula is C17H16N4O3S. The Morgan fingerprint density at radius 2 is 2.00 bits per heavy atom. The lowest BCUT2D eigenvalue weighted by Crippen LogP contribution is -2.20. The van der Waals surface area contributed by atoms with Crippen LogP contribution in [0, 0.1) is 13.8 Å². The summed E-state index contributed by atoms with van der Waals surface area (Å²) in [5, 5.41) is 6.28. The number of aromatic nitrogens is 3. The van der Waals surface area contributed by atoms with E-state index in [0.717, 1.165) is 5.56 Å². The summed E-state index contributed by atoms with van der Waals surface area (Å²) in [6.45, 7) is 3.47. The maximum Gasteiger partial charge on any atom is 0.251 e. The van der Waals surface area contributed by atoms with Gasteiger partial charge in [0.2, 0.25) is 5.91 Å². The zero-order chi connectivity index (χ0) is 17.8. The van der Waals surface area contributed by atoms with Crippen molar-refractivity contribution in [1.82, 2.24) is 15.1 Å². The number of aryl methyl sites for hydroxylation is 2. The third kappa shape index (κ3) is 4.36. The van der Waals surface area contributed by atoms with Gasteiger partial charge in [-0.05, 0) is 19.4 Å². The zero-order valence-corrected chi connectivity index (χ0v) is 14.5. The Balaban J connectivity index is 1.89. The van der Waals surface area contributed by atoms with Crippen molar-refractivity contribution in [2.24, 2.45) is 0 Å². The van der Waals surface area contributed by atoms with Gasteiger partial charge in [-0.1, -0.05) is 47.3 Å². The van der Waals surface area contributed by atoms with Crippen LogP contribution >= 0.6 is 11.8 Å². The van der Waals surface area contributed by atoms with Crippen LogP contribution in [0.15, 0.2) is 56.9 Å². The van der Waals surface area contributed by atoms with E-state index in [2.05, 4.69) is 20.4 Å². The first-order valence-corrected chi connectivity index (χ1v) is 8.43. The Hall–Kier alpha value is -2.87. The fourth-order valence-corrected chi connectivity index (χ4v) is 3.28. The molecule has 0 saturated carbocycles. The van der Waals surface area contributed by atoms with E-state index in [9.17, 15) is 9.59 Å². The average Bonchev–Trinajstić information content (AvgIpc) is 2.97. The van der Waals surface area contributed by atoms with Gasteiger partial charge in [-0.25, -0.2) is 4.98 Å². The number of hydrogen-bond donors (Lipinski definition) is 2. The smallest absolute Gasteiger partial charge is 0.251 e. The third-order valence-electron chi connectivity index (χ3n) is 3.30. The molecule has 0 aliphatic heterocycles. The number of rotatable bonds is 5. The van der Waals surface area contributed by atoms with Crippen molar-refractivity contribution in [2.45, 2.75) is 24.3 Å². The second-order valence-electron chi connectivity index (χ2n) is 5.41. The summed E-state index contributed by atoms with van der Waals surface area (Å²) in [5.41, 5.74) is 1.12. The van der Waals surface area contributed by atoms with E-state index < -0.39 is 5.25 Å². The molecule has 0 unspecified atom stereocenters. The van der Waals surface area contributed by atoms with Crippen LogP contribution in [0.4, 0.5) is 5.82 Å². The summed E-state index contributed by atoms with van der Waals surface area (Å²) < 4.78 is 4.97. The molecular weight excluding hydrogens is 340 g/mol. The Morgan fingerprint density at radius 1 is 1.24 bits per heavy atom. The average molecular weight is 356 g/mol. The predicted octanol–water partition coefficient (Wildman–Crippen LogP) is 2.85. The Bertz CT molecular complexity index is 936. The standard InChI is InChI=1S/C17H16N4O3S/c1-10-8-14(22)20-17(18-10)25-15(12-6-4-3-5-7-12)16(23)19-13-9-11(2)24-21-13/h3-9,15H,1-2H3,(H,18,20,22)(H,19,21,23)/t15-/m1/s1. The van der Waals surface area contributed by atoms with Gasteiger partial charge in [-0.3, -0.25) is 9.59 Å². The van der Waals surface area contributed by atoms with Crippen LogP contribution in [0.3, 0.4) is 0 Å². The first-order chi connectivity index (χ1) is 12.0. The van der Waals surface area contributed by atoms with Gasteiger partial charge >= 0.3 is 0 Å². The number of H-pyrrole nitrogens is 1. The largest absolute Gasteiger partial charge is 0.360 e. The Labute approximate surface area is 147 Å². The number of nitrogens with one attached hydrogen (secondary N) is 2. The highest BCUT2D eigenvalue weighted by atomic mass is 32.2. The van der Waals surface area contributed by atoms with E-state index in [1.54, 1.807) is 19.9 Å². The minimum absolute atomic E-state index is 0.255. The maximum absolute atomic E-state index is 12.8. The van der Waals surface area contributed by atoms with Gasteiger partial charge in [0.05, 0.1) is 0 Å². The molecule has 0 saturated heterocycles. The quantitative estimate of drug-likeness (QED) is 0.538. The number of nitrogens with zero attached hydrogens (tertiary/aromatic N) is 2. The van der Waals surface area contributed by atoms with Gasteiger partial charge in [0.1, 0.15) is 11.0 Å². The molecule has 1 amide bonds. The van der Waals surface area contributed by atoms with Gasteiger partial charge in [-0.15, -0.1) is 0 Å². The Kier molecular flexibility index (Phi) is 4.99. The monoisotopic (exact) mass is 356 g/mol. The van der Waals surface area contributed by atoms with Crippen LogP contribution in [-0.4, -0.2) is 21.0 Å². The highest BCUT2D eigenvalue weighted by Gasteiger charge is 2.24. The van der Waals surface area contributed by atoms with Crippen molar-refractivity contribution in [1.29, 1.82) is 0 Å². The molecule has 0 aliphatic rings. The van der Waals surface area contributed by atoms with Crippen LogP contribution in [0.25, 0.3) is 0 Å². The summed E-state index contributed by atoms with van der Waals surface area (Å²) in [5.74, 6) is 0.660. The van der Waals surface area contributed by atoms with E-state index in [0.29, 0.717) is 22.4 Å². The van der Waals surface area contributed by atoms with E-state index >= 15 is 0 Å². The molecule has 0 spiro atoms. The lowest BCUT2D eigenvalue weighted by atomic mass is 10.1. The maximum atomic E-state index is 12.8. The molecule has 2 aromatic heterocycles. The number of hydrogen-bond acceptors (Lipinski definition) is 6. The van der Waals surface area contributed by atoms with Gasteiger partial charge in [0.25, 0.3) is 5.56 Å². The Morgan fingerprint density at radius 3 is 2.64 bits per heavy atom. The lowest BCUT2D eigenvalue weighted by Gasteiger charge is -2.15. The molecule has 0 fully saturated rings. The normalized spacial score (nSPS) is 11.9. The predicted molar refractivity (Wildman–Crippen MR) is 94.5 cm³/mol. The molecule has 1 atom stereocenters. The van der Waals surface area contributed by atoms with Crippen LogP contribution in [0.5, 0.6) is 0 Å². The number of carbonyl (C=O) groups excluding carboxylic acids is 1. The molecule has 0 radical (unpaired) electrons. The van der Waals surface area contributed by atoms with Gasteiger partial charge in [0, 0.05) is 17.8 Å². The number of amides is 1. The second-order valence-corrected chi connectivity index (χ2v) is 6.51. The third-order valence-corrected chi connectivity index (χ3v) is 4.44. The number of aromatic amines is 1. The van der Waals surface area contributed by atoms with Crippen molar-refractivity contribution in [2.75, 3.05) is 5.32 Å². The summed E-state index contributed by atoms with van der Waals surface area (Å²) in [6.07, 6.45) is 0. The number of carbonyl (C=O) groups is 1. The molecule has 3 aromatic rings. The molecule has 25 heavy (non-hydrogen) atoms. The molecule has 2 heterocycles. The fourth-order valence-electron chi connectivity index (χ4n) is 2.24. The summed E-state index contributed by atoms with van der Waals surface area (Å²) in [6, 6.07) is 12.3. The van der Waals surface area contributed by atoms with Crippen molar-refractivity contribution in [3.05, 3.63) is 69.8 Å². The molecule has 0 bridgehead atoms. The van der Waals surface area contributed by atoms with Crippen molar-refractivity contribution in [3.8, 4) is 0 Å². The van der Waals surface area contributed by atoms with Crippen LogP contribution in [0.1, 0.15) is 22.3 Å². The van der Waals surface area contributed by atoms with Crippen molar-refractivity contribution in [3.63, 3.8) is 0 Å². The molecule has 1 aromatic carbocycles. The topological polar surface area (TPSA) is 101 Å². The van der Waals surface area contributed by atoms with E-state index in [1.165, 1.54) is 17.8 Å².